The van der Waals surface area contributed by atoms with Gasteiger partial charge < -0.3 is 5.11 Å². The molecular formula is C17H17NO5S2. The minimum absolute atomic E-state index is 0.0522. The van der Waals surface area contributed by atoms with E-state index in [1.807, 2.05) is 6.07 Å². The monoisotopic (exact) mass is 379 g/mol. The summed E-state index contributed by atoms with van der Waals surface area (Å²) in [4.78, 5) is 23.8. The van der Waals surface area contributed by atoms with Gasteiger partial charge in [0.05, 0.1) is 4.88 Å². The number of sulfonamides is 1. The van der Waals surface area contributed by atoms with Gasteiger partial charge in [-0.3, -0.25) is 9.59 Å². The van der Waals surface area contributed by atoms with Crippen molar-refractivity contribution in [3.05, 3.63) is 52.9 Å². The molecule has 2 unspecified atom stereocenters. The molecule has 1 saturated carbocycles. The van der Waals surface area contributed by atoms with Gasteiger partial charge in [-0.1, -0.05) is 37.3 Å². The van der Waals surface area contributed by atoms with E-state index in [-0.39, 0.29) is 22.8 Å². The summed E-state index contributed by atoms with van der Waals surface area (Å²) >= 11 is 0.857. The molecule has 6 nitrogen and oxygen atoms in total. The smallest absolute Gasteiger partial charge is 0.325 e. The van der Waals surface area contributed by atoms with Crippen molar-refractivity contribution < 1.29 is 23.1 Å². The Morgan fingerprint density at radius 3 is 2.52 bits per heavy atom. The maximum atomic E-state index is 12.6. The number of Topliss-reactive ketones (excluding diaryl/α,β-unsaturated/α-hetero) is 1. The van der Waals surface area contributed by atoms with Gasteiger partial charge in [0, 0.05) is 12.3 Å². The summed E-state index contributed by atoms with van der Waals surface area (Å²) in [5.41, 5.74) is -0.764. The number of carbonyl (C=O) groups excluding carboxylic acids is 1. The third-order valence-electron chi connectivity index (χ3n) is 4.30. The van der Waals surface area contributed by atoms with Crippen LogP contribution < -0.4 is 4.72 Å². The van der Waals surface area contributed by atoms with Crippen LogP contribution in [0.4, 0.5) is 0 Å². The van der Waals surface area contributed by atoms with Crippen LogP contribution in [-0.2, 0) is 14.8 Å². The third kappa shape index (κ3) is 3.24. The number of hydrogen-bond acceptors (Lipinski definition) is 5. The second-order valence-corrected chi connectivity index (χ2v) is 8.94. The second-order valence-electron chi connectivity index (χ2n) is 5.94. The molecule has 1 aliphatic rings. The lowest BCUT2D eigenvalue weighted by molar-refractivity contribution is -0.140. The van der Waals surface area contributed by atoms with Crippen molar-refractivity contribution in [3.63, 3.8) is 0 Å². The Kier molecular flexibility index (Phi) is 4.52. The maximum absolute atomic E-state index is 12.6. The van der Waals surface area contributed by atoms with E-state index >= 15 is 0 Å². The van der Waals surface area contributed by atoms with E-state index in [0.29, 0.717) is 4.88 Å². The Bertz CT molecular complexity index is 920. The van der Waals surface area contributed by atoms with Gasteiger partial charge in [0.1, 0.15) is 9.75 Å². The molecular weight excluding hydrogens is 362 g/mol. The molecule has 1 aromatic heterocycles. The minimum atomic E-state index is -4.03. The van der Waals surface area contributed by atoms with Crippen molar-refractivity contribution in [3.8, 4) is 0 Å². The van der Waals surface area contributed by atoms with Gasteiger partial charge >= 0.3 is 5.97 Å². The highest BCUT2D eigenvalue weighted by atomic mass is 32.2. The predicted octanol–water partition coefficient (Wildman–Crippen LogP) is 2.63. The first-order valence-corrected chi connectivity index (χ1v) is 10.1. The van der Waals surface area contributed by atoms with Crippen LogP contribution in [0.25, 0.3) is 0 Å². The van der Waals surface area contributed by atoms with Crippen LogP contribution in [-0.4, -0.2) is 30.8 Å². The first-order chi connectivity index (χ1) is 11.8. The SMILES string of the molecule is CCC(=O)c1ccc(S(=O)(=O)NC2(C(=O)O)CC2c2ccccc2)s1. The van der Waals surface area contributed by atoms with Crippen LogP contribution in [0.2, 0.25) is 0 Å². The number of aliphatic carboxylic acids is 1. The highest BCUT2D eigenvalue weighted by molar-refractivity contribution is 7.91. The molecule has 0 amide bonds. The third-order valence-corrected chi connectivity index (χ3v) is 7.43. The molecule has 1 fully saturated rings. The molecule has 0 saturated heterocycles. The number of nitrogens with one attached hydrogen (secondary N) is 1. The lowest BCUT2D eigenvalue weighted by atomic mass is 10.1. The van der Waals surface area contributed by atoms with Crippen LogP contribution in [0.5, 0.6) is 0 Å². The number of ketones is 1. The fourth-order valence-electron chi connectivity index (χ4n) is 2.82. The number of carboxylic acids is 1. The van der Waals surface area contributed by atoms with Crippen molar-refractivity contribution in [2.24, 2.45) is 0 Å². The fourth-order valence-corrected chi connectivity index (χ4v) is 5.54. The van der Waals surface area contributed by atoms with E-state index in [0.717, 1.165) is 16.9 Å². The van der Waals surface area contributed by atoms with Crippen molar-refractivity contribution in [2.75, 3.05) is 0 Å². The Hall–Kier alpha value is -2.03. The Morgan fingerprint density at radius 1 is 1.24 bits per heavy atom. The molecule has 1 aliphatic carbocycles. The van der Waals surface area contributed by atoms with Gasteiger partial charge in [0.25, 0.3) is 10.0 Å². The molecule has 1 heterocycles. The molecule has 2 N–H and O–H groups in total. The molecule has 132 valence electrons. The van der Waals surface area contributed by atoms with Gasteiger partial charge in [-0.05, 0) is 24.1 Å². The lowest BCUT2D eigenvalue weighted by Crippen LogP contribution is -2.44. The Labute approximate surface area is 149 Å². The highest BCUT2D eigenvalue weighted by Gasteiger charge is 2.63. The van der Waals surface area contributed by atoms with Crippen LogP contribution in [0.1, 0.15) is 40.9 Å². The van der Waals surface area contributed by atoms with E-state index in [4.69, 9.17) is 0 Å². The number of rotatable bonds is 7. The Morgan fingerprint density at radius 2 is 1.92 bits per heavy atom. The van der Waals surface area contributed by atoms with Crippen LogP contribution in [0, 0.1) is 0 Å². The van der Waals surface area contributed by atoms with E-state index < -0.39 is 27.4 Å². The normalized spacial score (nSPS) is 22.5. The molecule has 2 aromatic rings. The van der Waals surface area contributed by atoms with Crippen molar-refractivity contribution in [1.82, 2.24) is 4.72 Å². The van der Waals surface area contributed by atoms with Crippen LogP contribution >= 0.6 is 11.3 Å². The fraction of sp³-hybridized carbons (Fsp3) is 0.294. The number of thiophene rings is 1. The number of carbonyl (C=O) groups is 2. The van der Waals surface area contributed by atoms with Gasteiger partial charge in [-0.25, -0.2) is 8.42 Å². The summed E-state index contributed by atoms with van der Waals surface area (Å²) in [7, 11) is -4.03. The van der Waals surface area contributed by atoms with E-state index in [2.05, 4.69) is 4.72 Å². The molecule has 0 aliphatic heterocycles. The van der Waals surface area contributed by atoms with Crippen molar-refractivity contribution in [2.45, 2.75) is 35.4 Å². The second kappa shape index (κ2) is 6.36. The zero-order valence-electron chi connectivity index (χ0n) is 13.4. The van der Waals surface area contributed by atoms with E-state index in [9.17, 15) is 23.1 Å². The molecule has 0 bridgehead atoms. The zero-order valence-corrected chi connectivity index (χ0v) is 15.1. The molecule has 1 aromatic carbocycles. The van der Waals surface area contributed by atoms with Gasteiger partial charge in [-0.2, -0.15) is 4.72 Å². The summed E-state index contributed by atoms with van der Waals surface area (Å²) < 4.78 is 27.5. The topological polar surface area (TPSA) is 101 Å². The number of benzene rings is 1. The Balaban J connectivity index is 1.87. The lowest BCUT2D eigenvalue weighted by Gasteiger charge is -2.14. The van der Waals surface area contributed by atoms with Crippen molar-refractivity contribution >= 4 is 33.1 Å². The van der Waals surface area contributed by atoms with Gasteiger partial charge in [0.15, 0.2) is 5.78 Å². The van der Waals surface area contributed by atoms with Gasteiger partial charge in [0.2, 0.25) is 0 Å². The summed E-state index contributed by atoms with van der Waals surface area (Å²) in [5, 5.41) is 9.60. The average Bonchev–Trinajstić information content (AvgIpc) is 3.08. The first kappa shape index (κ1) is 17.8. The molecule has 8 heteroatoms. The summed E-state index contributed by atoms with van der Waals surface area (Å²) in [5.74, 6) is -1.77. The highest BCUT2D eigenvalue weighted by Crippen LogP contribution is 2.52. The molecule has 3 rings (SSSR count). The van der Waals surface area contributed by atoms with Crippen molar-refractivity contribution in [1.29, 1.82) is 0 Å². The average molecular weight is 379 g/mol. The largest absolute Gasteiger partial charge is 0.480 e. The van der Waals surface area contributed by atoms with Crippen LogP contribution in [0.15, 0.2) is 46.7 Å². The minimum Gasteiger partial charge on any atom is -0.480 e. The predicted molar refractivity (Wildman–Crippen MR) is 93.4 cm³/mol. The first-order valence-electron chi connectivity index (χ1n) is 7.75. The number of carboxylic acid groups (broad SMARTS) is 1. The molecule has 2 atom stereocenters. The number of hydrogen-bond donors (Lipinski definition) is 2. The quantitative estimate of drug-likeness (QED) is 0.720. The standard InChI is InChI=1S/C17H17NO5S2/c1-2-13(19)14-8-9-15(24-14)25(22,23)18-17(16(20)21)10-12(17)11-6-4-3-5-7-11/h3-9,12,18H,2,10H2,1H3,(H,20,21). The zero-order chi connectivity index (χ0) is 18.2. The summed E-state index contributed by atoms with van der Waals surface area (Å²) in [6, 6.07) is 11.8. The van der Waals surface area contributed by atoms with E-state index in [1.165, 1.54) is 12.1 Å². The summed E-state index contributed by atoms with van der Waals surface area (Å²) in [6.45, 7) is 1.70. The molecule has 25 heavy (non-hydrogen) atoms. The van der Waals surface area contributed by atoms with Gasteiger partial charge in [-0.15, -0.1) is 11.3 Å². The molecule has 0 spiro atoms. The summed E-state index contributed by atoms with van der Waals surface area (Å²) in [6.07, 6.45) is 0.472. The van der Waals surface area contributed by atoms with Crippen LogP contribution in [0.3, 0.4) is 0 Å². The molecule has 0 radical (unpaired) electrons. The maximum Gasteiger partial charge on any atom is 0.325 e. The van der Waals surface area contributed by atoms with E-state index in [1.54, 1.807) is 31.2 Å².